The van der Waals surface area contributed by atoms with Gasteiger partial charge in [-0.05, 0) is 44.0 Å². The van der Waals surface area contributed by atoms with E-state index in [0.717, 1.165) is 11.1 Å². The standard InChI is InChI=1S/C16H19NO3/c1-4-5-6-7-16(19)20-11-15(18)17-14-9-8-12(2)13(3)10-14/h4-10H,11H2,1-3H3,(H,17,18)/b5-4+,7-6+. The van der Waals surface area contributed by atoms with E-state index < -0.39 is 5.97 Å². The summed E-state index contributed by atoms with van der Waals surface area (Å²) in [6.07, 6.45) is 6.32. The van der Waals surface area contributed by atoms with Crippen LogP contribution in [0.4, 0.5) is 5.69 Å². The first-order chi connectivity index (χ1) is 9.52. The molecule has 0 unspecified atom stereocenters. The Morgan fingerprint density at radius 3 is 2.60 bits per heavy atom. The van der Waals surface area contributed by atoms with Gasteiger partial charge in [-0.1, -0.05) is 24.3 Å². The van der Waals surface area contributed by atoms with Gasteiger partial charge in [-0.3, -0.25) is 4.79 Å². The lowest BCUT2D eigenvalue weighted by atomic mass is 10.1. The minimum atomic E-state index is -0.543. The Morgan fingerprint density at radius 1 is 1.20 bits per heavy atom. The predicted molar refractivity (Wildman–Crippen MR) is 79.5 cm³/mol. The van der Waals surface area contributed by atoms with Gasteiger partial charge < -0.3 is 10.1 Å². The van der Waals surface area contributed by atoms with Crippen molar-refractivity contribution < 1.29 is 14.3 Å². The number of anilines is 1. The molecule has 0 bridgehead atoms. The summed E-state index contributed by atoms with van der Waals surface area (Å²) in [5.41, 5.74) is 2.94. The normalized spacial score (nSPS) is 10.9. The quantitative estimate of drug-likeness (QED) is 0.510. The molecule has 0 radical (unpaired) electrons. The Hall–Kier alpha value is -2.36. The predicted octanol–water partition coefficient (Wildman–Crippen LogP) is 2.92. The number of hydrogen-bond donors (Lipinski definition) is 1. The highest BCUT2D eigenvalue weighted by Gasteiger charge is 2.06. The van der Waals surface area contributed by atoms with Gasteiger partial charge in [0, 0.05) is 11.8 Å². The van der Waals surface area contributed by atoms with Crippen molar-refractivity contribution in [1.29, 1.82) is 0 Å². The summed E-state index contributed by atoms with van der Waals surface area (Å²) in [6, 6.07) is 5.62. The number of nitrogens with one attached hydrogen (secondary N) is 1. The van der Waals surface area contributed by atoms with E-state index in [-0.39, 0.29) is 12.5 Å². The van der Waals surface area contributed by atoms with Crippen LogP contribution in [0.25, 0.3) is 0 Å². The first kappa shape index (κ1) is 15.7. The molecule has 1 aromatic rings. The lowest BCUT2D eigenvalue weighted by Gasteiger charge is -2.07. The molecule has 0 fully saturated rings. The van der Waals surface area contributed by atoms with E-state index >= 15 is 0 Å². The molecule has 0 aliphatic rings. The van der Waals surface area contributed by atoms with Gasteiger partial charge in [0.1, 0.15) is 0 Å². The van der Waals surface area contributed by atoms with E-state index in [1.807, 2.05) is 39.0 Å². The van der Waals surface area contributed by atoms with E-state index in [1.165, 1.54) is 6.08 Å². The average Bonchev–Trinajstić information content (AvgIpc) is 2.41. The van der Waals surface area contributed by atoms with Gasteiger partial charge in [-0.25, -0.2) is 4.79 Å². The number of hydrogen-bond acceptors (Lipinski definition) is 3. The number of rotatable bonds is 5. The molecule has 0 aliphatic carbocycles. The maximum atomic E-state index is 11.6. The van der Waals surface area contributed by atoms with Gasteiger partial charge in [-0.15, -0.1) is 0 Å². The number of aryl methyl sites for hydroxylation is 2. The van der Waals surface area contributed by atoms with E-state index in [2.05, 4.69) is 5.32 Å². The fourth-order valence-electron chi connectivity index (χ4n) is 1.45. The molecule has 0 aromatic heterocycles. The molecule has 20 heavy (non-hydrogen) atoms. The zero-order valence-electron chi connectivity index (χ0n) is 12.0. The van der Waals surface area contributed by atoms with Crippen LogP contribution in [0.1, 0.15) is 18.1 Å². The summed E-state index contributed by atoms with van der Waals surface area (Å²) < 4.78 is 4.80. The Bertz CT molecular complexity index is 545. The Balaban J connectivity index is 2.44. The molecule has 0 heterocycles. The van der Waals surface area contributed by atoms with Crippen molar-refractivity contribution in [1.82, 2.24) is 0 Å². The minimum Gasteiger partial charge on any atom is -0.452 e. The smallest absolute Gasteiger partial charge is 0.331 e. The van der Waals surface area contributed by atoms with Crippen LogP contribution in [0, 0.1) is 13.8 Å². The lowest BCUT2D eigenvalue weighted by Crippen LogP contribution is -2.20. The molecular formula is C16H19NO3. The van der Waals surface area contributed by atoms with Crippen molar-refractivity contribution >= 4 is 17.6 Å². The second-order valence-corrected chi connectivity index (χ2v) is 4.34. The molecule has 0 aliphatic heterocycles. The topological polar surface area (TPSA) is 55.4 Å². The van der Waals surface area contributed by atoms with E-state index in [0.29, 0.717) is 5.69 Å². The highest BCUT2D eigenvalue weighted by Crippen LogP contribution is 2.13. The van der Waals surface area contributed by atoms with Crippen molar-refractivity contribution in [2.75, 3.05) is 11.9 Å². The largest absolute Gasteiger partial charge is 0.452 e. The van der Waals surface area contributed by atoms with Crippen molar-refractivity contribution in [2.45, 2.75) is 20.8 Å². The number of benzene rings is 1. The summed E-state index contributed by atoms with van der Waals surface area (Å²) in [4.78, 5) is 22.9. The van der Waals surface area contributed by atoms with E-state index in [1.54, 1.807) is 18.2 Å². The number of carbonyl (C=O) groups excluding carboxylic acids is 2. The van der Waals surface area contributed by atoms with E-state index in [9.17, 15) is 9.59 Å². The number of carbonyl (C=O) groups is 2. The molecule has 0 saturated carbocycles. The molecule has 0 spiro atoms. The minimum absolute atomic E-state index is 0.300. The first-order valence-corrected chi connectivity index (χ1v) is 6.36. The van der Waals surface area contributed by atoms with Crippen molar-refractivity contribution in [2.24, 2.45) is 0 Å². The second-order valence-electron chi connectivity index (χ2n) is 4.34. The SMILES string of the molecule is C/C=C/C=C/C(=O)OCC(=O)Nc1ccc(C)c(C)c1. The Kier molecular flexibility index (Phi) is 6.23. The van der Waals surface area contributed by atoms with E-state index in [4.69, 9.17) is 4.74 Å². The summed E-state index contributed by atoms with van der Waals surface area (Å²) in [5, 5.41) is 2.68. The summed E-state index contributed by atoms with van der Waals surface area (Å²) in [6.45, 7) is 5.51. The molecule has 1 rings (SSSR count). The molecule has 4 nitrogen and oxygen atoms in total. The highest BCUT2D eigenvalue weighted by atomic mass is 16.5. The van der Waals surface area contributed by atoms with Crippen molar-refractivity contribution in [3.8, 4) is 0 Å². The van der Waals surface area contributed by atoms with Crippen LogP contribution < -0.4 is 5.32 Å². The maximum Gasteiger partial charge on any atom is 0.331 e. The van der Waals surface area contributed by atoms with Crippen molar-refractivity contribution in [3.63, 3.8) is 0 Å². The van der Waals surface area contributed by atoms with Crippen molar-refractivity contribution in [3.05, 3.63) is 53.6 Å². The Labute approximate surface area is 119 Å². The molecule has 1 amide bonds. The zero-order valence-corrected chi connectivity index (χ0v) is 12.0. The van der Waals surface area contributed by atoms with Gasteiger partial charge in [0.2, 0.25) is 0 Å². The van der Waals surface area contributed by atoms with Gasteiger partial charge in [0.05, 0.1) is 0 Å². The number of allylic oxidation sites excluding steroid dienone is 3. The van der Waals surface area contributed by atoms with Gasteiger partial charge in [-0.2, -0.15) is 0 Å². The molecule has 1 aromatic carbocycles. The zero-order chi connectivity index (χ0) is 15.0. The van der Waals surface area contributed by atoms with Crippen LogP contribution in [-0.4, -0.2) is 18.5 Å². The molecule has 0 saturated heterocycles. The third kappa shape index (κ3) is 5.52. The summed E-state index contributed by atoms with van der Waals surface area (Å²) in [7, 11) is 0. The third-order valence-corrected chi connectivity index (χ3v) is 2.67. The number of esters is 1. The van der Waals surface area contributed by atoms with Crippen LogP contribution in [0.2, 0.25) is 0 Å². The number of amides is 1. The van der Waals surface area contributed by atoms with Gasteiger partial charge in [0.25, 0.3) is 5.91 Å². The first-order valence-electron chi connectivity index (χ1n) is 6.36. The third-order valence-electron chi connectivity index (χ3n) is 2.67. The molecular weight excluding hydrogens is 254 g/mol. The van der Waals surface area contributed by atoms with Crippen LogP contribution in [0.3, 0.4) is 0 Å². The van der Waals surface area contributed by atoms with Crippen LogP contribution >= 0.6 is 0 Å². The highest BCUT2D eigenvalue weighted by molar-refractivity contribution is 5.93. The average molecular weight is 273 g/mol. The van der Waals surface area contributed by atoms with Crippen LogP contribution in [-0.2, 0) is 14.3 Å². The maximum absolute atomic E-state index is 11.6. The molecule has 0 atom stereocenters. The van der Waals surface area contributed by atoms with Crippen LogP contribution in [0.5, 0.6) is 0 Å². The monoisotopic (exact) mass is 273 g/mol. The molecule has 4 heteroatoms. The Morgan fingerprint density at radius 2 is 1.95 bits per heavy atom. The summed E-state index contributed by atoms with van der Waals surface area (Å²) >= 11 is 0. The fourth-order valence-corrected chi connectivity index (χ4v) is 1.45. The van der Waals surface area contributed by atoms with Gasteiger partial charge >= 0.3 is 5.97 Å². The fraction of sp³-hybridized carbons (Fsp3) is 0.250. The number of ether oxygens (including phenoxy) is 1. The lowest BCUT2D eigenvalue weighted by molar-refractivity contribution is -0.142. The molecule has 1 N–H and O–H groups in total. The molecule has 106 valence electrons. The second kappa shape index (κ2) is 7.94. The van der Waals surface area contributed by atoms with Crippen LogP contribution in [0.15, 0.2) is 42.5 Å². The van der Waals surface area contributed by atoms with Gasteiger partial charge in [0.15, 0.2) is 6.61 Å². The summed E-state index contributed by atoms with van der Waals surface area (Å²) in [5.74, 6) is -0.903.